The van der Waals surface area contributed by atoms with Gasteiger partial charge in [-0.05, 0) is 42.8 Å². The molecule has 21 heavy (non-hydrogen) atoms. The molecule has 3 aromatic rings. The summed E-state index contributed by atoms with van der Waals surface area (Å²) in [6, 6.07) is 11.4. The maximum atomic E-state index is 9.89. The van der Waals surface area contributed by atoms with Crippen molar-refractivity contribution in [2.24, 2.45) is 12.0 Å². The first-order valence-corrected chi connectivity index (χ1v) is 7.29. The van der Waals surface area contributed by atoms with Crippen LogP contribution in [0.3, 0.4) is 0 Å². The molecule has 0 aliphatic carbocycles. The maximum Gasteiger partial charge on any atom is 0.230 e. The third kappa shape index (κ3) is 2.69. The molecular weight excluding hydrogens is 330 g/mol. The van der Waals surface area contributed by atoms with Crippen LogP contribution in [-0.4, -0.2) is 20.9 Å². The SMILES string of the molecule is Cc1ccc(/C=N/c2nc3ccc(Br)cc3n2C)c(O)c1. The molecule has 5 heteroatoms. The van der Waals surface area contributed by atoms with Crippen molar-refractivity contribution in [2.75, 3.05) is 0 Å². The smallest absolute Gasteiger partial charge is 0.230 e. The lowest BCUT2D eigenvalue weighted by molar-refractivity contribution is 0.474. The van der Waals surface area contributed by atoms with E-state index in [2.05, 4.69) is 25.9 Å². The van der Waals surface area contributed by atoms with Gasteiger partial charge in [0.05, 0.1) is 11.0 Å². The Labute approximate surface area is 130 Å². The summed E-state index contributed by atoms with van der Waals surface area (Å²) in [5.74, 6) is 0.823. The van der Waals surface area contributed by atoms with Crippen LogP contribution in [0.1, 0.15) is 11.1 Å². The lowest BCUT2D eigenvalue weighted by Gasteiger charge is -2.00. The number of aromatic nitrogens is 2. The summed E-state index contributed by atoms with van der Waals surface area (Å²) in [5, 5.41) is 9.89. The Balaban J connectivity index is 2.01. The molecule has 0 aliphatic rings. The number of benzene rings is 2. The minimum Gasteiger partial charge on any atom is -0.507 e. The number of rotatable bonds is 2. The van der Waals surface area contributed by atoms with Crippen LogP contribution in [0, 0.1) is 6.92 Å². The summed E-state index contributed by atoms with van der Waals surface area (Å²) in [7, 11) is 1.92. The zero-order valence-corrected chi connectivity index (χ0v) is 13.3. The van der Waals surface area contributed by atoms with E-state index in [1.165, 1.54) is 0 Å². The molecule has 1 heterocycles. The van der Waals surface area contributed by atoms with Crippen molar-refractivity contribution in [2.45, 2.75) is 6.92 Å². The van der Waals surface area contributed by atoms with Gasteiger partial charge in [0.2, 0.25) is 5.95 Å². The molecule has 0 atom stereocenters. The Morgan fingerprint density at radius 3 is 2.81 bits per heavy atom. The number of aliphatic imine (C=N–C) groups is 1. The first-order valence-electron chi connectivity index (χ1n) is 6.50. The quantitative estimate of drug-likeness (QED) is 0.712. The van der Waals surface area contributed by atoms with Crippen LogP contribution in [-0.2, 0) is 7.05 Å². The average Bonchev–Trinajstić information content (AvgIpc) is 2.75. The molecule has 3 rings (SSSR count). The standard InChI is InChI=1S/C16H14BrN3O/c1-10-3-4-11(15(21)7-10)9-18-16-19-13-6-5-12(17)8-14(13)20(16)2/h3-9,21H,1-2H3/b18-9+. The van der Waals surface area contributed by atoms with Crippen molar-refractivity contribution in [3.05, 3.63) is 52.0 Å². The molecular formula is C16H14BrN3O. The van der Waals surface area contributed by atoms with E-state index in [1.807, 2.05) is 48.9 Å². The zero-order chi connectivity index (χ0) is 15.0. The number of phenolic OH excluding ortho intramolecular Hbond substituents is 1. The molecule has 0 unspecified atom stereocenters. The van der Waals surface area contributed by atoms with Gasteiger partial charge < -0.3 is 9.67 Å². The minimum atomic E-state index is 0.222. The number of hydrogen-bond acceptors (Lipinski definition) is 3. The Morgan fingerprint density at radius 2 is 2.05 bits per heavy atom. The van der Waals surface area contributed by atoms with Crippen LogP contribution in [0.2, 0.25) is 0 Å². The van der Waals surface area contributed by atoms with Gasteiger partial charge in [-0.1, -0.05) is 22.0 Å². The van der Waals surface area contributed by atoms with Gasteiger partial charge in [-0.25, -0.2) is 9.98 Å². The Morgan fingerprint density at radius 1 is 1.24 bits per heavy atom. The Hall–Kier alpha value is -2.14. The summed E-state index contributed by atoms with van der Waals surface area (Å²) in [6.45, 7) is 1.93. The number of hydrogen-bond donors (Lipinski definition) is 1. The molecule has 0 bridgehead atoms. The van der Waals surface area contributed by atoms with Crippen molar-refractivity contribution < 1.29 is 5.11 Å². The number of nitrogens with zero attached hydrogens (tertiary/aromatic N) is 3. The Kier molecular flexibility index (Phi) is 3.51. The fourth-order valence-electron chi connectivity index (χ4n) is 2.16. The molecule has 0 spiro atoms. The molecule has 0 radical (unpaired) electrons. The number of imidazole rings is 1. The largest absolute Gasteiger partial charge is 0.507 e. The number of aryl methyl sites for hydroxylation is 2. The highest BCUT2D eigenvalue weighted by atomic mass is 79.9. The van der Waals surface area contributed by atoms with Crippen molar-refractivity contribution in [1.29, 1.82) is 0 Å². The van der Waals surface area contributed by atoms with E-state index in [0.717, 1.165) is 21.1 Å². The highest BCUT2D eigenvalue weighted by Gasteiger charge is 2.07. The number of phenols is 1. The second kappa shape index (κ2) is 5.33. The molecule has 0 aliphatic heterocycles. The third-order valence-electron chi connectivity index (χ3n) is 3.32. The second-order valence-electron chi connectivity index (χ2n) is 4.92. The van der Waals surface area contributed by atoms with Crippen LogP contribution in [0.5, 0.6) is 5.75 Å². The summed E-state index contributed by atoms with van der Waals surface area (Å²) in [5.41, 5.74) is 3.58. The van der Waals surface area contributed by atoms with E-state index in [9.17, 15) is 5.11 Å². The first-order chi connectivity index (χ1) is 10.0. The summed E-state index contributed by atoms with van der Waals surface area (Å²) in [4.78, 5) is 8.86. The lowest BCUT2D eigenvalue weighted by atomic mass is 10.1. The molecule has 106 valence electrons. The molecule has 2 aromatic carbocycles. The number of fused-ring (bicyclic) bond motifs is 1. The predicted octanol–water partition coefficient (Wildman–Crippen LogP) is 4.10. The fourth-order valence-corrected chi connectivity index (χ4v) is 2.50. The predicted molar refractivity (Wildman–Crippen MR) is 88.5 cm³/mol. The van der Waals surface area contributed by atoms with E-state index in [4.69, 9.17) is 0 Å². The van der Waals surface area contributed by atoms with E-state index >= 15 is 0 Å². The van der Waals surface area contributed by atoms with Gasteiger partial charge in [0.1, 0.15) is 5.75 Å². The van der Waals surface area contributed by atoms with Gasteiger partial charge in [0.15, 0.2) is 0 Å². The average molecular weight is 344 g/mol. The topological polar surface area (TPSA) is 50.4 Å². The highest BCUT2D eigenvalue weighted by Crippen LogP contribution is 2.24. The maximum absolute atomic E-state index is 9.89. The number of halogens is 1. The normalized spacial score (nSPS) is 11.6. The van der Waals surface area contributed by atoms with Crippen LogP contribution in [0.4, 0.5) is 5.95 Å². The fraction of sp³-hybridized carbons (Fsp3) is 0.125. The molecule has 4 nitrogen and oxygen atoms in total. The van der Waals surface area contributed by atoms with Gasteiger partial charge in [-0.2, -0.15) is 0 Å². The summed E-state index contributed by atoms with van der Waals surface area (Å²) < 4.78 is 2.92. The molecule has 0 saturated heterocycles. The van der Waals surface area contributed by atoms with E-state index in [-0.39, 0.29) is 5.75 Å². The van der Waals surface area contributed by atoms with Gasteiger partial charge in [-0.3, -0.25) is 0 Å². The van der Waals surface area contributed by atoms with Gasteiger partial charge in [0.25, 0.3) is 0 Å². The number of aromatic hydroxyl groups is 1. The third-order valence-corrected chi connectivity index (χ3v) is 3.82. The van der Waals surface area contributed by atoms with Crippen LogP contribution < -0.4 is 0 Å². The van der Waals surface area contributed by atoms with Gasteiger partial charge in [-0.15, -0.1) is 0 Å². The van der Waals surface area contributed by atoms with E-state index in [0.29, 0.717) is 11.5 Å². The lowest BCUT2D eigenvalue weighted by Crippen LogP contribution is -1.88. The second-order valence-corrected chi connectivity index (χ2v) is 5.84. The summed E-state index contributed by atoms with van der Waals surface area (Å²) in [6.07, 6.45) is 1.63. The van der Waals surface area contributed by atoms with E-state index in [1.54, 1.807) is 12.3 Å². The van der Waals surface area contributed by atoms with Crippen molar-refractivity contribution >= 4 is 39.1 Å². The van der Waals surface area contributed by atoms with Crippen LogP contribution in [0.15, 0.2) is 45.9 Å². The van der Waals surface area contributed by atoms with E-state index < -0.39 is 0 Å². The van der Waals surface area contributed by atoms with Crippen LogP contribution in [0.25, 0.3) is 11.0 Å². The molecule has 0 fully saturated rings. The molecule has 0 amide bonds. The molecule has 1 aromatic heterocycles. The molecule has 1 N–H and O–H groups in total. The first kappa shape index (κ1) is 13.8. The molecule has 0 saturated carbocycles. The van der Waals surface area contributed by atoms with Gasteiger partial charge >= 0.3 is 0 Å². The Bertz CT molecular complexity index is 852. The summed E-state index contributed by atoms with van der Waals surface area (Å²) >= 11 is 3.46. The monoisotopic (exact) mass is 343 g/mol. The minimum absolute atomic E-state index is 0.222. The highest BCUT2D eigenvalue weighted by molar-refractivity contribution is 9.10. The van der Waals surface area contributed by atoms with Crippen LogP contribution >= 0.6 is 15.9 Å². The van der Waals surface area contributed by atoms with Crippen molar-refractivity contribution in [3.8, 4) is 5.75 Å². The van der Waals surface area contributed by atoms with Crippen molar-refractivity contribution in [1.82, 2.24) is 9.55 Å². The van der Waals surface area contributed by atoms with Crippen molar-refractivity contribution in [3.63, 3.8) is 0 Å². The van der Waals surface area contributed by atoms with Gasteiger partial charge in [0, 0.05) is 23.3 Å². The zero-order valence-electron chi connectivity index (χ0n) is 11.7.